The number of benzene rings is 1. The molecule has 0 spiro atoms. The fraction of sp³-hybridized carbons (Fsp3) is 0.357. The highest BCUT2D eigenvalue weighted by molar-refractivity contribution is 5.41. The van der Waals surface area contributed by atoms with Gasteiger partial charge in [0.1, 0.15) is 11.9 Å². The number of aromatic nitrogens is 2. The van der Waals surface area contributed by atoms with E-state index in [0.29, 0.717) is 12.2 Å². The van der Waals surface area contributed by atoms with E-state index in [0.717, 1.165) is 11.1 Å². The molecule has 0 fully saturated rings. The van der Waals surface area contributed by atoms with Gasteiger partial charge in [0.25, 0.3) is 6.43 Å². The molecule has 2 aromatic rings. The molecule has 0 amide bonds. The first-order valence-electron chi connectivity index (χ1n) is 6.30. The summed E-state index contributed by atoms with van der Waals surface area (Å²) in [5, 5.41) is 7.24. The zero-order valence-electron chi connectivity index (χ0n) is 10.6. The molecule has 19 heavy (non-hydrogen) atoms. The van der Waals surface area contributed by atoms with Crippen LogP contribution in [-0.4, -0.2) is 16.2 Å². The van der Waals surface area contributed by atoms with Gasteiger partial charge >= 0.3 is 0 Å². The molecule has 0 bridgehead atoms. The Hall–Kier alpha value is -1.91. The van der Waals surface area contributed by atoms with E-state index >= 15 is 0 Å². The van der Waals surface area contributed by atoms with Crippen molar-refractivity contribution in [3.8, 4) is 0 Å². The topological polar surface area (TPSA) is 29.9 Å². The molecule has 0 radical (unpaired) electrons. The average Bonchev–Trinajstić information content (AvgIpc) is 2.86. The monoisotopic (exact) mass is 263 g/mol. The fourth-order valence-corrected chi connectivity index (χ4v) is 2.50. The molecule has 0 unspecified atom stereocenters. The Labute approximate surface area is 110 Å². The van der Waals surface area contributed by atoms with Crippen molar-refractivity contribution in [3.05, 3.63) is 47.7 Å². The minimum Gasteiger partial charge on any atom is -0.363 e. The quantitative estimate of drug-likeness (QED) is 0.898. The number of alkyl halides is 2. The van der Waals surface area contributed by atoms with Crippen molar-refractivity contribution in [2.24, 2.45) is 0 Å². The number of fused-ring (bicyclic) bond motifs is 1. The fourth-order valence-electron chi connectivity index (χ4n) is 2.50. The van der Waals surface area contributed by atoms with Crippen molar-refractivity contribution in [1.82, 2.24) is 9.78 Å². The Morgan fingerprint density at radius 1 is 1.26 bits per heavy atom. The molecule has 0 aliphatic carbocycles. The van der Waals surface area contributed by atoms with Gasteiger partial charge in [-0.15, -0.1) is 0 Å². The van der Waals surface area contributed by atoms with E-state index < -0.39 is 12.5 Å². The molecule has 1 aromatic heterocycles. The molecule has 1 aromatic carbocycles. The number of rotatable bonds is 2. The lowest BCUT2D eigenvalue weighted by Crippen LogP contribution is -2.30. The van der Waals surface area contributed by atoms with E-state index in [2.05, 4.69) is 10.4 Å². The van der Waals surface area contributed by atoms with Gasteiger partial charge in [-0.3, -0.25) is 0 Å². The van der Waals surface area contributed by atoms with Crippen LogP contribution in [0.15, 0.2) is 36.5 Å². The van der Waals surface area contributed by atoms with E-state index in [1.807, 2.05) is 31.2 Å². The zero-order chi connectivity index (χ0) is 13.4. The first kappa shape index (κ1) is 12.1. The number of nitrogens with zero attached hydrogens (tertiary/aromatic N) is 2. The summed E-state index contributed by atoms with van der Waals surface area (Å²) in [6.07, 6.45) is -0.515. The molecule has 3 rings (SSSR count). The summed E-state index contributed by atoms with van der Waals surface area (Å²) >= 11 is 0. The number of hydrogen-bond acceptors (Lipinski definition) is 2. The van der Waals surface area contributed by atoms with Crippen LogP contribution in [0.5, 0.6) is 0 Å². The van der Waals surface area contributed by atoms with Crippen molar-refractivity contribution < 1.29 is 8.78 Å². The van der Waals surface area contributed by atoms with Crippen LogP contribution in [-0.2, 0) is 0 Å². The summed E-state index contributed by atoms with van der Waals surface area (Å²) in [7, 11) is 0. The van der Waals surface area contributed by atoms with Gasteiger partial charge in [-0.05, 0) is 18.9 Å². The van der Waals surface area contributed by atoms with E-state index in [-0.39, 0.29) is 6.04 Å². The van der Waals surface area contributed by atoms with Crippen LogP contribution in [0.2, 0.25) is 0 Å². The lowest BCUT2D eigenvalue weighted by Gasteiger charge is -2.32. The van der Waals surface area contributed by atoms with Gasteiger partial charge in [0, 0.05) is 6.07 Å². The Bertz CT molecular complexity index is 562. The predicted octanol–water partition coefficient (Wildman–Crippen LogP) is 3.55. The van der Waals surface area contributed by atoms with E-state index in [4.69, 9.17) is 0 Å². The highest BCUT2D eigenvalue weighted by Gasteiger charge is 2.33. The summed E-state index contributed by atoms with van der Waals surface area (Å²) in [4.78, 5) is 0. The van der Waals surface area contributed by atoms with Crippen LogP contribution in [0.4, 0.5) is 14.6 Å². The van der Waals surface area contributed by atoms with Crippen LogP contribution < -0.4 is 5.32 Å². The minimum absolute atomic E-state index is 0.0937. The summed E-state index contributed by atoms with van der Waals surface area (Å²) in [6, 6.07) is 8.75. The third-order valence-electron chi connectivity index (χ3n) is 3.55. The van der Waals surface area contributed by atoms with Gasteiger partial charge in [0.05, 0.1) is 12.2 Å². The lowest BCUT2D eigenvalue weighted by atomic mass is 9.97. The molecule has 100 valence electrons. The largest absolute Gasteiger partial charge is 0.363 e. The molecule has 1 N–H and O–H groups in total. The normalized spacial score (nSPS) is 22.1. The molecule has 5 heteroatoms. The van der Waals surface area contributed by atoms with Crippen LogP contribution >= 0.6 is 0 Å². The second-order valence-electron chi connectivity index (χ2n) is 4.91. The van der Waals surface area contributed by atoms with Gasteiger partial charge in [-0.1, -0.05) is 29.8 Å². The van der Waals surface area contributed by atoms with Gasteiger partial charge in [0.15, 0.2) is 0 Å². The summed E-state index contributed by atoms with van der Waals surface area (Å²) in [5.74, 6) is 0.655. The van der Waals surface area contributed by atoms with Crippen molar-refractivity contribution in [2.45, 2.75) is 31.9 Å². The SMILES string of the molecule is Cc1ccc([C@H]2C[C@H](C(F)F)n3nccc3N2)cc1. The molecule has 0 saturated carbocycles. The second kappa shape index (κ2) is 4.64. The molecule has 2 atom stereocenters. The first-order chi connectivity index (χ1) is 9.15. The van der Waals surface area contributed by atoms with Gasteiger partial charge in [-0.25, -0.2) is 13.5 Å². The number of hydrogen-bond donors (Lipinski definition) is 1. The van der Waals surface area contributed by atoms with Gasteiger partial charge in [0.2, 0.25) is 0 Å². The molecule has 0 saturated heterocycles. The molecule has 1 aliphatic heterocycles. The summed E-state index contributed by atoms with van der Waals surface area (Å²) in [5.41, 5.74) is 2.19. The van der Waals surface area contributed by atoms with Crippen LogP contribution in [0.1, 0.15) is 29.6 Å². The van der Waals surface area contributed by atoms with Crippen molar-refractivity contribution in [2.75, 3.05) is 5.32 Å². The van der Waals surface area contributed by atoms with E-state index in [1.54, 1.807) is 12.3 Å². The van der Waals surface area contributed by atoms with Gasteiger partial charge < -0.3 is 5.32 Å². The zero-order valence-corrected chi connectivity index (χ0v) is 10.6. The highest BCUT2D eigenvalue weighted by atomic mass is 19.3. The third-order valence-corrected chi connectivity index (χ3v) is 3.55. The highest BCUT2D eigenvalue weighted by Crippen LogP contribution is 2.37. The molecular weight excluding hydrogens is 248 g/mol. The number of aryl methyl sites for hydroxylation is 1. The van der Waals surface area contributed by atoms with E-state index in [9.17, 15) is 8.78 Å². The van der Waals surface area contributed by atoms with Crippen molar-refractivity contribution in [3.63, 3.8) is 0 Å². The Morgan fingerprint density at radius 3 is 2.68 bits per heavy atom. The van der Waals surface area contributed by atoms with Crippen LogP contribution in [0.3, 0.4) is 0 Å². The number of anilines is 1. The average molecular weight is 263 g/mol. The predicted molar refractivity (Wildman–Crippen MR) is 69.4 cm³/mol. The summed E-state index contributed by atoms with van der Waals surface area (Å²) < 4.78 is 27.7. The molecule has 3 nitrogen and oxygen atoms in total. The molecule has 2 heterocycles. The third kappa shape index (κ3) is 2.20. The second-order valence-corrected chi connectivity index (χ2v) is 4.91. The standard InChI is InChI=1S/C14H15F2N3/c1-9-2-4-10(5-3-9)11-8-12(14(15)16)19-13(18-11)6-7-17-19/h2-7,11-12,14,18H,8H2,1H3/t11-,12-/m1/s1. The van der Waals surface area contributed by atoms with Crippen molar-refractivity contribution >= 4 is 5.82 Å². The van der Waals surface area contributed by atoms with Crippen LogP contribution in [0, 0.1) is 6.92 Å². The molecule has 1 aliphatic rings. The smallest absolute Gasteiger partial charge is 0.260 e. The van der Waals surface area contributed by atoms with Crippen LogP contribution in [0.25, 0.3) is 0 Å². The maximum Gasteiger partial charge on any atom is 0.260 e. The number of halogens is 2. The Kier molecular flexibility index (Phi) is 2.97. The lowest BCUT2D eigenvalue weighted by molar-refractivity contribution is 0.0658. The Morgan fingerprint density at radius 2 is 2.00 bits per heavy atom. The number of nitrogens with one attached hydrogen (secondary N) is 1. The van der Waals surface area contributed by atoms with Gasteiger partial charge in [-0.2, -0.15) is 5.10 Å². The first-order valence-corrected chi connectivity index (χ1v) is 6.30. The van der Waals surface area contributed by atoms with Crippen molar-refractivity contribution in [1.29, 1.82) is 0 Å². The maximum absolute atomic E-state index is 13.1. The minimum atomic E-state index is -2.41. The maximum atomic E-state index is 13.1. The summed E-state index contributed by atoms with van der Waals surface area (Å²) in [6.45, 7) is 2.01. The van der Waals surface area contributed by atoms with E-state index in [1.165, 1.54) is 4.68 Å². The molecular formula is C14H15F2N3. The Balaban J connectivity index is 1.92.